The third-order valence-corrected chi connectivity index (χ3v) is 1.94. The van der Waals surface area contributed by atoms with Crippen molar-refractivity contribution in [1.29, 1.82) is 0 Å². The number of hydrogen-bond donors (Lipinski definition) is 1. The van der Waals surface area contributed by atoms with Gasteiger partial charge in [0.1, 0.15) is 0 Å². The van der Waals surface area contributed by atoms with Gasteiger partial charge in [0.2, 0.25) is 0 Å². The Bertz CT molecular complexity index is 225. The monoisotopic (exact) mass is 166 g/mol. The zero-order chi connectivity index (χ0) is 8.97. The zero-order valence-corrected chi connectivity index (χ0v) is 8.22. The van der Waals surface area contributed by atoms with Gasteiger partial charge in [-0.1, -0.05) is 27.2 Å². The molecule has 0 fully saturated rings. The SMILES string of the molecule is CCCc1cn[nH]c1CC(C)C. The van der Waals surface area contributed by atoms with Crippen molar-refractivity contribution >= 4 is 0 Å². The maximum absolute atomic E-state index is 4.07. The standard InChI is InChI=1S/C10H18N2/c1-4-5-9-7-11-12-10(9)6-8(2)3/h7-8H,4-6H2,1-3H3,(H,11,12). The Morgan fingerprint density at radius 3 is 2.83 bits per heavy atom. The van der Waals surface area contributed by atoms with Gasteiger partial charge >= 0.3 is 0 Å². The first kappa shape index (κ1) is 9.30. The Hall–Kier alpha value is -0.790. The van der Waals surface area contributed by atoms with Gasteiger partial charge in [-0.25, -0.2) is 0 Å². The van der Waals surface area contributed by atoms with Gasteiger partial charge in [0, 0.05) is 5.69 Å². The number of H-pyrrole nitrogens is 1. The second kappa shape index (κ2) is 4.29. The van der Waals surface area contributed by atoms with E-state index < -0.39 is 0 Å². The number of aromatic amines is 1. The molecular weight excluding hydrogens is 148 g/mol. The largest absolute Gasteiger partial charge is 0.282 e. The molecule has 0 amide bonds. The predicted molar refractivity (Wildman–Crippen MR) is 51.1 cm³/mol. The summed E-state index contributed by atoms with van der Waals surface area (Å²) >= 11 is 0. The van der Waals surface area contributed by atoms with Gasteiger partial charge in [0.25, 0.3) is 0 Å². The molecule has 12 heavy (non-hydrogen) atoms. The van der Waals surface area contributed by atoms with Crippen LogP contribution in [0.1, 0.15) is 38.4 Å². The van der Waals surface area contributed by atoms with E-state index in [1.165, 1.54) is 17.7 Å². The molecule has 0 spiro atoms. The van der Waals surface area contributed by atoms with Gasteiger partial charge in [0.15, 0.2) is 0 Å². The van der Waals surface area contributed by atoms with Crippen LogP contribution in [0.3, 0.4) is 0 Å². The van der Waals surface area contributed by atoms with E-state index in [0.29, 0.717) is 5.92 Å². The predicted octanol–water partition coefficient (Wildman–Crippen LogP) is 2.56. The molecule has 0 aliphatic carbocycles. The minimum Gasteiger partial charge on any atom is -0.282 e. The van der Waals surface area contributed by atoms with Crippen LogP contribution in [0.4, 0.5) is 0 Å². The van der Waals surface area contributed by atoms with Crippen LogP contribution in [0.2, 0.25) is 0 Å². The number of hydrogen-bond acceptors (Lipinski definition) is 1. The molecule has 0 bridgehead atoms. The molecule has 68 valence electrons. The molecule has 2 nitrogen and oxygen atoms in total. The lowest BCUT2D eigenvalue weighted by atomic mass is 10.0. The number of rotatable bonds is 4. The van der Waals surface area contributed by atoms with Crippen molar-refractivity contribution in [3.8, 4) is 0 Å². The highest BCUT2D eigenvalue weighted by atomic mass is 15.1. The highest BCUT2D eigenvalue weighted by molar-refractivity contribution is 5.16. The number of aryl methyl sites for hydroxylation is 1. The average molecular weight is 166 g/mol. The quantitative estimate of drug-likeness (QED) is 0.731. The van der Waals surface area contributed by atoms with Crippen molar-refractivity contribution in [3.63, 3.8) is 0 Å². The molecule has 1 aromatic rings. The summed E-state index contributed by atoms with van der Waals surface area (Å²) in [6.07, 6.45) is 5.43. The van der Waals surface area contributed by atoms with E-state index >= 15 is 0 Å². The molecule has 2 heteroatoms. The van der Waals surface area contributed by atoms with Crippen molar-refractivity contribution in [2.45, 2.75) is 40.0 Å². The Morgan fingerprint density at radius 2 is 2.25 bits per heavy atom. The smallest absolute Gasteiger partial charge is 0.0522 e. The maximum Gasteiger partial charge on any atom is 0.0522 e. The summed E-state index contributed by atoms with van der Waals surface area (Å²) in [4.78, 5) is 0. The van der Waals surface area contributed by atoms with Gasteiger partial charge in [-0.2, -0.15) is 5.10 Å². The molecule has 0 radical (unpaired) electrons. The fraction of sp³-hybridized carbons (Fsp3) is 0.700. The third kappa shape index (κ3) is 2.36. The van der Waals surface area contributed by atoms with E-state index in [0.717, 1.165) is 12.8 Å². The van der Waals surface area contributed by atoms with Crippen LogP contribution >= 0.6 is 0 Å². The summed E-state index contributed by atoms with van der Waals surface area (Å²) in [5.41, 5.74) is 2.72. The Kier molecular flexibility index (Phi) is 3.32. The molecule has 1 rings (SSSR count). The summed E-state index contributed by atoms with van der Waals surface area (Å²) in [6, 6.07) is 0. The molecule has 0 saturated carbocycles. The van der Waals surface area contributed by atoms with Gasteiger partial charge in [-0.3, -0.25) is 5.10 Å². The van der Waals surface area contributed by atoms with Crippen molar-refractivity contribution in [1.82, 2.24) is 10.2 Å². The van der Waals surface area contributed by atoms with Crippen LogP contribution < -0.4 is 0 Å². The van der Waals surface area contributed by atoms with Crippen LogP contribution in [0.25, 0.3) is 0 Å². The van der Waals surface area contributed by atoms with Crippen molar-refractivity contribution < 1.29 is 0 Å². The topological polar surface area (TPSA) is 28.7 Å². The lowest BCUT2D eigenvalue weighted by molar-refractivity contribution is 0.628. The van der Waals surface area contributed by atoms with Crippen LogP contribution in [0.15, 0.2) is 6.20 Å². The summed E-state index contributed by atoms with van der Waals surface area (Å²) in [7, 11) is 0. The van der Waals surface area contributed by atoms with E-state index in [4.69, 9.17) is 0 Å². The lowest BCUT2D eigenvalue weighted by Crippen LogP contribution is -1.98. The summed E-state index contributed by atoms with van der Waals surface area (Å²) in [6.45, 7) is 6.67. The van der Waals surface area contributed by atoms with Crippen LogP contribution in [0.5, 0.6) is 0 Å². The van der Waals surface area contributed by atoms with E-state index in [1.807, 2.05) is 6.20 Å². The first-order valence-electron chi connectivity index (χ1n) is 4.75. The molecule has 0 saturated heterocycles. The summed E-state index contributed by atoms with van der Waals surface area (Å²) in [5.74, 6) is 0.709. The third-order valence-electron chi connectivity index (χ3n) is 1.94. The Morgan fingerprint density at radius 1 is 1.50 bits per heavy atom. The molecule has 1 heterocycles. The fourth-order valence-corrected chi connectivity index (χ4v) is 1.41. The van der Waals surface area contributed by atoms with Gasteiger partial charge in [0.05, 0.1) is 6.20 Å². The van der Waals surface area contributed by atoms with Crippen LogP contribution in [-0.4, -0.2) is 10.2 Å². The molecule has 1 aromatic heterocycles. The normalized spacial score (nSPS) is 11.0. The zero-order valence-electron chi connectivity index (χ0n) is 8.22. The minimum absolute atomic E-state index is 0.709. The molecular formula is C10H18N2. The van der Waals surface area contributed by atoms with Crippen molar-refractivity contribution in [2.75, 3.05) is 0 Å². The van der Waals surface area contributed by atoms with E-state index in [1.54, 1.807) is 0 Å². The van der Waals surface area contributed by atoms with E-state index in [9.17, 15) is 0 Å². The lowest BCUT2D eigenvalue weighted by Gasteiger charge is -2.04. The molecule has 0 unspecified atom stereocenters. The highest BCUT2D eigenvalue weighted by Gasteiger charge is 2.05. The molecule has 1 N–H and O–H groups in total. The highest BCUT2D eigenvalue weighted by Crippen LogP contribution is 2.11. The van der Waals surface area contributed by atoms with Gasteiger partial charge in [-0.15, -0.1) is 0 Å². The number of aromatic nitrogens is 2. The second-order valence-electron chi connectivity index (χ2n) is 3.72. The van der Waals surface area contributed by atoms with Crippen molar-refractivity contribution in [3.05, 3.63) is 17.5 Å². The van der Waals surface area contributed by atoms with E-state index in [-0.39, 0.29) is 0 Å². The number of nitrogens with zero attached hydrogens (tertiary/aromatic N) is 1. The summed E-state index contributed by atoms with van der Waals surface area (Å²) < 4.78 is 0. The summed E-state index contributed by atoms with van der Waals surface area (Å²) in [5, 5.41) is 7.14. The first-order valence-corrected chi connectivity index (χ1v) is 4.75. The van der Waals surface area contributed by atoms with Crippen LogP contribution in [0, 0.1) is 5.92 Å². The van der Waals surface area contributed by atoms with Crippen LogP contribution in [-0.2, 0) is 12.8 Å². The first-order chi connectivity index (χ1) is 5.74. The molecule has 0 atom stereocenters. The molecule has 0 aliphatic heterocycles. The maximum atomic E-state index is 4.07. The number of nitrogens with one attached hydrogen (secondary N) is 1. The fourth-order valence-electron chi connectivity index (χ4n) is 1.41. The van der Waals surface area contributed by atoms with Crippen molar-refractivity contribution in [2.24, 2.45) is 5.92 Å². The van der Waals surface area contributed by atoms with Gasteiger partial charge in [-0.05, 0) is 24.3 Å². The average Bonchev–Trinajstić information content (AvgIpc) is 2.37. The Labute approximate surface area is 74.4 Å². The second-order valence-corrected chi connectivity index (χ2v) is 3.72. The van der Waals surface area contributed by atoms with E-state index in [2.05, 4.69) is 31.0 Å². The Balaban J connectivity index is 2.63. The molecule has 0 aliphatic rings. The molecule has 0 aromatic carbocycles. The van der Waals surface area contributed by atoms with Gasteiger partial charge < -0.3 is 0 Å². The minimum atomic E-state index is 0.709.